The van der Waals surface area contributed by atoms with Gasteiger partial charge in [-0.2, -0.15) is 0 Å². The third-order valence-corrected chi connectivity index (χ3v) is 3.41. The summed E-state index contributed by atoms with van der Waals surface area (Å²) in [5, 5.41) is 5.67. The number of nitrogens with zero attached hydrogens (tertiary/aromatic N) is 2. The van der Waals surface area contributed by atoms with Crippen LogP contribution in [0.3, 0.4) is 0 Å². The topological polar surface area (TPSA) is 63.8 Å². The highest BCUT2D eigenvalue weighted by Crippen LogP contribution is 2.32. The van der Waals surface area contributed by atoms with Crippen LogP contribution in [0, 0.1) is 0 Å². The summed E-state index contributed by atoms with van der Waals surface area (Å²) < 4.78 is 0. The Kier molecular flexibility index (Phi) is 3.39. The predicted molar refractivity (Wildman–Crippen MR) is 82.7 cm³/mol. The molecule has 5 heteroatoms. The molecule has 100 valence electrons. The molecule has 3 aromatic rings. The van der Waals surface area contributed by atoms with E-state index < -0.39 is 0 Å². The zero-order valence-corrected chi connectivity index (χ0v) is 11.4. The molecule has 0 radical (unpaired) electrons. The fourth-order valence-corrected chi connectivity index (χ4v) is 2.36. The number of nitrogens with one attached hydrogen (secondary N) is 1. The van der Waals surface area contributed by atoms with Crippen molar-refractivity contribution in [3.8, 4) is 0 Å². The summed E-state index contributed by atoms with van der Waals surface area (Å²) >= 11 is 6.27. The lowest BCUT2D eigenvalue weighted by atomic mass is 10.1. The molecule has 4 nitrogen and oxygen atoms in total. The van der Waals surface area contributed by atoms with Crippen molar-refractivity contribution in [2.45, 2.75) is 6.54 Å². The Morgan fingerprint density at radius 3 is 2.85 bits per heavy atom. The lowest BCUT2D eigenvalue weighted by Crippen LogP contribution is -2.03. The van der Waals surface area contributed by atoms with E-state index >= 15 is 0 Å². The van der Waals surface area contributed by atoms with E-state index in [9.17, 15) is 0 Å². The molecule has 0 spiro atoms. The number of nitrogen functional groups attached to an aromatic ring is 1. The Morgan fingerprint density at radius 1 is 1.15 bits per heavy atom. The highest BCUT2D eigenvalue weighted by Gasteiger charge is 2.08. The highest BCUT2D eigenvalue weighted by atomic mass is 35.5. The number of aromatic nitrogens is 2. The lowest BCUT2D eigenvalue weighted by molar-refractivity contribution is 1.09. The fraction of sp³-hybridized carbons (Fsp3) is 0.0667. The van der Waals surface area contributed by atoms with Gasteiger partial charge in [-0.15, -0.1) is 0 Å². The first-order valence-corrected chi connectivity index (χ1v) is 6.59. The van der Waals surface area contributed by atoms with Gasteiger partial charge in [-0.3, -0.25) is 4.98 Å². The number of fused-ring (bicyclic) bond motifs is 1. The molecule has 0 atom stereocenters. The number of anilines is 2. The predicted octanol–water partition coefficient (Wildman–Crippen LogP) is 3.48. The van der Waals surface area contributed by atoms with Crippen LogP contribution in [0.25, 0.3) is 10.8 Å². The summed E-state index contributed by atoms with van der Waals surface area (Å²) in [6.07, 6.45) is 5.28. The van der Waals surface area contributed by atoms with Gasteiger partial charge in [0, 0.05) is 41.6 Å². The minimum Gasteiger partial charge on any atom is -0.398 e. The monoisotopic (exact) mass is 284 g/mol. The highest BCUT2D eigenvalue weighted by molar-refractivity contribution is 6.37. The van der Waals surface area contributed by atoms with Gasteiger partial charge >= 0.3 is 0 Å². The number of benzene rings is 1. The van der Waals surface area contributed by atoms with Crippen molar-refractivity contribution in [1.29, 1.82) is 0 Å². The summed E-state index contributed by atoms with van der Waals surface area (Å²) in [6, 6.07) is 9.36. The van der Waals surface area contributed by atoms with Crippen molar-refractivity contribution in [2.24, 2.45) is 0 Å². The van der Waals surface area contributed by atoms with Gasteiger partial charge < -0.3 is 11.1 Å². The summed E-state index contributed by atoms with van der Waals surface area (Å²) in [4.78, 5) is 8.44. The van der Waals surface area contributed by atoms with Crippen LogP contribution >= 0.6 is 11.6 Å². The van der Waals surface area contributed by atoms with Crippen LogP contribution in [0.4, 0.5) is 11.5 Å². The average Bonchev–Trinajstić information content (AvgIpc) is 2.50. The molecule has 2 aromatic heterocycles. The standard InChI is InChI=1S/C15H13ClN4/c16-12-3-4-13(17)11-5-7-19-15(14(11)12)20-9-10-2-1-6-18-8-10/h1-8H,9,17H2,(H,19,20). The van der Waals surface area contributed by atoms with Gasteiger partial charge in [-0.05, 0) is 29.8 Å². The zero-order valence-electron chi connectivity index (χ0n) is 10.7. The first-order valence-electron chi connectivity index (χ1n) is 6.21. The number of hydrogen-bond donors (Lipinski definition) is 2. The van der Waals surface area contributed by atoms with E-state index in [-0.39, 0.29) is 0 Å². The van der Waals surface area contributed by atoms with Crippen LogP contribution in [0.1, 0.15) is 5.56 Å². The van der Waals surface area contributed by atoms with Gasteiger partial charge in [0.2, 0.25) is 0 Å². The van der Waals surface area contributed by atoms with E-state index in [0.717, 1.165) is 22.2 Å². The van der Waals surface area contributed by atoms with Gasteiger partial charge in [0.15, 0.2) is 0 Å². The third-order valence-electron chi connectivity index (χ3n) is 3.09. The Hall–Kier alpha value is -2.33. The Morgan fingerprint density at radius 2 is 2.05 bits per heavy atom. The molecule has 0 bridgehead atoms. The molecule has 0 unspecified atom stereocenters. The molecule has 20 heavy (non-hydrogen) atoms. The molecular formula is C15H13ClN4. The van der Waals surface area contributed by atoms with Gasteiger partial charge in [0.1, 0.15) is 5.82 Å². The molecule has 0 saturated carbocycles. The summed E-state index contributed by atoms with van der Waals surface area (Å²) in [7, 11) is 0. The Labute approximate surface area is 121 Å². The Balaban J connectivity index is 1.98. The van der Waals surface area contributed by atoms with Gasteiger partial charge in [0.25, 0.3) is 0 Å². The van der Waals surface area contributed by atoms with Gasteiger partial charge in [-0.25, -0.2) is 4.98 Å². The van der Waals surface area contributed by atoms with Crippen LogP contribution in [-0.2, 0) is 6.54 Å². The second-order valence-corrected chi connectivity index (χ2v) is 4.84. The lowest BCUT2D eigenvalue weighted by Gasteiger charge is -2.11. The molecule has 0 aliphatic rings. The van der Waals surface area contributed by atoms with Gasteiger partial charge in [-0.1, -0.05) is 17.7 Å². The largest absolute Gasteiger partial charge is 0.398 e. The average molecular weight is 285 g/mol. The van der Waals surface area contributed by atoms with Crippen LogP contribution in [-0.4, -0.2) is 9.97 Å². The number of hydrogen-bond acceptors (Lipinski definition) is 4. The van der Waals surface area contributed by atoms with Crippen molar-refractivity contribution >= 4 is 33.9 Å². The van der Waals surface area contributed by atoms with E-state index in [1.807, 2.05) is 24.4 Å². The first-order chi connectivity index (χ1) is 9.75. The van der Waals surface area contributed by atoms with Crippen molar-refractivity contribution in [2.75, 3.05) is 11.1 Å². The molecule has 3 N–H and O–H groups in total. The number of nitrogens with two attached hydrogens (primary N) is 1. The van der Waals surface area contributed by atoms with E-state index in [1.54, 1.807) is 24.5 Å². The molecule has 0 fully saturated rings. The number of pyridine rings is 2. The van der Waals surface area contributed by atoms with Crippen molar-refractivity contribution in [1.82, 2.24) is 9.97 Å². The quantitative estimate of drug-likeness (QED) is 0.723. The molecular weight excluding hydrogens is 272 g/mol. The molecule has 0 amide bonds. The van der Waals surface area contributed by atoms with E-state index in [1.165, 1.54) is 0 Å². The van der Waals surface area contributed by atoms with Crippen LogP contribution < -0.4 is 11.1 Å². The molecule has 0 aliphatic carbocycles. The second-order valence-electron chi connectivity index (χ2n) is 4.43. The van der Waals surface area contributed by atoms with Crippen LogP contribution in [0.2, 0.25) is 5.02 Å². The molecule has 3 rings (SSSR count). The molecule has 0 aliphatic heterocycles. The molecule has 1 aromatic carbocycles. The van der Waals surface area contributed by atoms with Crippen LogP contribution in [0.15, 0.2) is 48.9 Å². The maximum Gasteiger partial charge on any atom is 0.135 e. The normalized spacial score (nSPS) is 10.7. The Bertz CT molecular complexity index is 743. The maximum atomic E-state index is 6.27. The smallest absolute Gasteiger partial charge is 0.135 e. The van der Waals surface area contributed by atoms with E-state index in [2.05, 4.69) is 15.3 Å². The summed E-state index contributed by atoms with van der Waals surface area (Å²) in [5.41, 5.74) is 7.74. The maximum absolute atomic E-state index is 6.27. The van der Waals surface area contributed by atoms with Crippen molar-refractivity contribution < 1.29 is 0 Å². The summed E-state index contributed by atoms with van der Waals surface area (Å²) in [6.45, 7) is 0.630. The summed E-state index contributed by atoms with van der Waals surface area (Å²) in [5.74, 6) is 0.726. The molecule has 2 heterocycles. The van der Waals surface area contributed by atoms with Crippen LogP contribution in [0.5, 0.6) is 0 Å². The number of rotatable bonds is 3. The number of halogens is 1. The van der Waals surface area contributed by atoms with Crippen molar-refractivity contribution in [3.63, 3.8) is 0 Å². The minimum absolute atomic E-state index is 0.630. The third kappa shape index (κ3) is 2.38. The zero-order chi connectivity index (χ0) is 13.9. The SMILES string of the molecule is Nc1ccc(Cl)c2c(NCc3cccnc3)nccc12. The minimum atomic E-state index is 0.630. The van der Waals surface area contributed by atoms with Gasteiger partial charge in [0.05, 0.1) is 5.02 Å². The van der Waals surface area contributed by atoms with E-state index in [4.69, 9.17) is 17.3 Å². The second kappa shape index (κ2) is 5.35. The van der Waals surface area contributed by atoms with E-state index in [0.29, 0.717) is 17.3 Å². The van der Waals surface area contributed by atoms with Crippen molar-refractivity contribution in [3.05, 3.63) is 59.5 Å². The first kappa shape index (κ1) is 12.7. The molecule has 0 saturated heterocycles. The fourth-order valence-electron chi connectivity index (χ4n) is 2.10.